The molecule has 2 aliphatic heterocycles. The van der Waals surface area contributed by atoms with Crippen molar-refractivity contribution in [2.24, 2.45) is 5.41 Å². The summed E-state index contributed by atoms with van der Waals surface area (Å²) in [6.07, 6.45) is 2.29. The molecule has 0 amide bonds. The van der Waals surface area contributed by atoms with E-state index in [0.29, 0.717) is 12.0 Å². The molecule has 2 heteroatoms. The zero-order chi connectivity index (χ0) is 11.2. The Balaban J connectivity index is 1.88. The number of hydrogen-bond donors (Lipinski definition) is 2. The molecule has 2 nitrogen and oxygen atoms in total. The Morgan fingerprint density at radius 3 is 2.50 bits per heavy atom. The summed E-state index contributed by atoms with van der Waals surface area (Å²) in [5.74, 6) is 0. The van der Waals surface area contributed by atoms with E-state index in [0.717, 1.165) is 25.9 Å². The molecule has 0 atom stereocenters. The van der Waals surface area contributed by atoms with Crippen LogP contribution < -0.4 is 5.32 Å². The molecule has 0 radical (unpaired) electrons. The summed E-state index contributed by atoms with van der Waals surface area (Å²) >= 11 is 0. The van der Waals surface area contributed by atoms with E-state index < -0.39 is 0 Å². The van der Waals surface area contributed by atoms with E-state index in [1.54, 1.807) is 0 Å². The first kappa shape index (κ1) is 10.3. The van der Waals surface area contributed by atoms with Gasteiger partial charge in [0.1, 0.15) is 0 Å². The van der Waals surface area contributed by atoms with Crippen LogP contribution in [-0.4, -0.2) is 24.8 Å². The molecule has 1 aromatic rings. The van der Waals surface area contributed by atoms with Crippen LogP contribution in [-0.2, 0) is 5.41 Å². The molecule has 4 rings (SSSR count). The summed E-state index contributed by atoms with van der Waals surface area (Å²) in [5.41, 5.74) is 3.23. The van der Waals surface area contributed by atoms with Gasteiger partial charge in [0, 0.05) is 30.5 Å². The second-order valence-corrected chi connectivity index (χ2v) is 5.76. The minimum atomic E-state index is 0.170. The van der Waals surface area contributed by atoms with Gasteiger partial charge in [-0.05, 0) is 25.3 Å². The topological polar surface area (TPSA) is 32.3 Å². The van der Waals surface area contributed by atoms with Crippen LogP contribution in [0.15, 0.2) is 24.3 Å². The summed E-state index contributed by atoms with van der Waals surface area (Å²) in [7, 11) is 0. The SMILES string of the molecule is Cc1ccc(C23CNCC(CO)(C2)C3)cc1. The van der Waals surface area contributed by atoms with Gasteiger partial charge in [0.15, 0.2) is 0 Å². The number of aryl methyl sites for hydroxylation is 1. The van der Waals surface area contributed by atoms with Gasteiger partial charge >= 0.3 is 0 Å². The van der Waals surface area contributed by atoms with Crippen LogP contribution in [0.4, 0.5) is 0 Å². The predicted octanol–water partition coefficient (Wildman–Crippen LogP) is 1.61. The van der Waals surface area contributed by atoms with Gasteiger partial charge in [-0.2, -0.15) is 0 Å². The van der Waals surface area contributed by atoms with Crippen molar-refractivity contribution in [3.63, 3.8) is 0 Å². The van der Waals surface area contributed by atoms with E-state index in [9.17, 15) is 5.11 Å². The predicted molar refractivity (Wildman–Crippen MR) is 64.5 cm³/mol. The molecular weight excluding hydrogens is 198 g/mol. The maximum absolute atomic E-state index is 9.45. The highest BCUT2D eigenvalue weighted by Crippen LogP contribution is 2.57. The standard InChI is InChI=1S/C14H19NO/c1-11-2-4-12(5-3-11)14-6-13(7-14,10-16)8-15-9-14/h2-5,15-16H,6-10H2,1H3. The second-order valence-electron chi connectivity index (χ2n) is 5.76. The lowest BCUT2D eigenvalue weighted by Crippen LogP contribution is -2.65. The molecule has 0 spiro atoms. The van der Waals surface area contributed by atoms with Crippen LogP contribution in [0.3, 0.4) is 0 Å². The number of rotatable bonds is 2. The number of benzene rings is 1. The van der Waals surface area contributed by atoms with Crippen molar-refractivity contribution in [2.75, 3.05) is 19.7 Å². The van der Waals surface area contributed by atoms with Crippen molar-refractivity contribution >= 4 is 0 Å². The quantitative estimate of drug-likeness (QED) is 0.789. The molecule has 3 fully saturated rings. The van der Waals surface area contributed by atoms with E-state index in [2.05, 4.69) is 36.5 Å². The Hall–Kier alpha value is -0.860. The monoisotopic (exact) mass is 217 g/mol. The van der Waals surface area contributed by atoms with Gasteiger partial charge in [-0.25, -0.2) is 0 Å². The van der Waals surface area contributed by atoms with Crippen molar-refractivity contribution in [2.45, 2.75) is 25.2 Å². The minimum absolute atomic E-state index is 0.170. The third-order valence-electron chi connectivity index (χ3n) is 4.39. The number of hydrogen-bond acceptors (Lipinski definition) is 2. The van der Waals surface area contributed by atoms with Crippen LogP contribution >= 0.6 is 0 Å². The molecule has 2 bridgehead atoms. The van der Waals surface area contributed by atoms with E-state index in [4.69, 9.17) is 0 Å². The Labute approximate surface area is 96.7 Å². The van der Waals surface area contributed by atoms with Gasteiger partial charge < -0.3 is 10.4 Å². The fourth-order valence-electron chi connectivity index (χ4n) is 3.58. The van der Waals surface area contributed by atoms with Gasteiger partial charge in [0.2, 0.25) is 0 Å². The molecular formula is C14H19NO. The van der Waals surface area contributed by atoms with E-state index in [1.165, 1.54) is 11.1 Å². The van der Waals surface area contributed by atoms with Crippen LogP contribution in [0.25, 0.3) is 0 Å². The lowest BCUT2D eigenvalue weighted by molar-refractivity contribution is -0.0582. The van der Waals surface area contributed by atoms with Crippen LogP contribution in [0.2, 0.25) is 0 Å². The second kappa shape index (κ2) is 3.31. The number of piperidine rings is 2. The molecule has 16 heavy (non-hydrogen) atoms. The van der Waals surface area contributed by atoms with Crippen LogP contribution in [0.1, 0.15) is 24.0 Å². The summed E-state index contributed by atoms with van der Waals surface area (Å²) in [6, 6.07) is 8.89. The summed E-state index contributed by atoms with van der Waals surface area (Å²) < 4.78 is 0. The third-order valence-corrected chi connectivity index (χ3v) is 4.39. The smallest absolute Gasteiger partial charge is 0.0500 e. The van der Waals surface area contributed by atoms with Crippen molar-refractivity contribution in [3.8, 4) is 0 Å². The lowest BCUT2D eigenvalue weighted by Gasteiger charge is -2.60. The van der Waals surface area contributed by atoms with Gasteiger partial charge in [-0.3, -0.25) is 0 Å². The van der Waals surface area contributed by atoms with Crippen molar-refractivity contribution in [1.29, 1.82) is 0 Å². The number of aliphatic hydroxyl groups is 1. The molecule has 0 aromatic heterocycles. The molecule has 0 unspecified atom stereocenters. The summed E-state index contributed by atoms with van der Waals surface area (Å²) in [6.45, 7) is 4.50. The summed E-state index contributed by atoms with van der Waals surface area (Å²) in [5, 5.41) is 12.9. The molecule has 1 aliphatic carbocycles. The Kier molecular flexibility index (Phi) is 2.13. The molecule has 3 aliphatic rings. The highest BCUT2D eigenvalue weighted by atomic mass is 16.3. The maximum Gasteiger partial charge on any atom is 0.0500 e. The first-order valence-corrected chi connectivity index (χ1v) is 6.07. The Morgan fingerprint density at radius 2 is 1.88 bits per heavy atom. The van der Waals surface area contributed by atoms with E-state index >= 15 is 0 Å². The first-order chi connectivity index (χ1) is 7.68. The van der Waals surface area contributed by atoms with Gasteiger partial charge in [0.05, 0.1) is 0 Å². The normalized spacial score (nSPS) is 36.9. The largest absolute Gasteiger partial charge is 0.396 e. The van der Waals surface area contributed by atoms with Gasteiger partial charge in [-0.15, -0.1) is 0 Å². The number of aliphatic hydroxyl groups excluding tert-OH is 1. The fraction of sp³-hybridized carbons (Fsp3) is 0.571. The fourth-order valence-corrected chi connectivity index (χ4v) is 3.58. The molecule has 1 saturated carbocycles. The third kappa shape index (κ3) is 1.33. The average molecular weight is 217 g/mol. The van der Waals surface area contributed by atoms with Gasteiger partial charge in [-0.1, -0.05) is 29.8 Å². The number of nitrogens with one attached hydrogen (secondary N) is 1. The molecule has 2 saturated heterocycles. The summed E-state index contributed by atoms with van der Waals surface area (Å²) in [4.78, 5) is 0. The molecule has 1 aromatic carbocycles. The van der Waals surface area contributed by atoms with Crippen LogP contribution in [0, 0.1) is 12.3 Å². The molecule has 2 heterocycles. The molecule has 2 N–H and O–H groups in total. The highest BCUT2D eigenvalue weighted by Gasteiger charge is 2.57. The Morgan fingerprint density at radius 1 is 1.19 bits per heavy atom. The maximum atomic E-state index is 9.45. The van der Waals surface area contributed by atoms with E-state index in [1.807, 2.05) is 0 Å². The van der Waals surface area contributed by atoms with Crippen molar-refractivity contribution in [3.05, 3.63) is 35.4 Å². The zero-order valence-corrected chi connectivity index (χ0v) is 9.79. The van der Waals surface area contributed by atoms with Crippen molar-refractivity contribution in [1.82, 2.24) is 5.32 Å². The lowest BCUT2D eigenvalue weighted by atomic mass is 9.48. The Bertz CT molecular complexity index is 390. The minimum Gasteiger partial charge on any atom is -0.396 e. The van der Waals surface area contributed by atoms with Crippen molar-refractivity contribution < 1.29 is 5.11 Å². The van der Waals surface area contributed by atoms with E-state index in [-0.39, 0.29) is 5.41 Å². The zero-order valence-electron chi connectivity index (χ0n) is 9.79. The average Bonchev–Trinajstić information content (AvgIpc) is 2.29. The van der Waals surface area contributed by atoms with Gasteiger partial charge in [0.25, 0.3) is 0 Å². The molecule has 86 valence electrons. The first-order valence-electron chi connectivity index (χ1n) is 6.07. The highest BCUT2D eigenvalue weighted by molar-refractivity contribution is 5.35. The number of fused-ring (bicyclic) bond motifs is 2. The van der Waals surface area contributed by atoms with Crippen LogP contribution in [0.5, 0.6) is 0 Å².